The minimum atomic E-state index is -4.41. The summed E-state index contributed by atoms with van der Waals surface area (Å²) >= 11 is 0. The molecule has 6 nitrogen and oxygen atoms in total. The van der Waals surface area contributed by atoms with Crippen molar-refractivity contribution >= 4 is 60.7 Å². The van der Waals surface area contributed by atoms with E-state index in [9.17, 15) is 0 Å². The van der Waals surface area contributed by atoms with E-state index in [2.05, 4.69) is 30.6 Å². The first-order chi connectivity index (χ1) is 21.2. The zero-order chi connectivity index (χ0) is 29.8. The molecule has 9 rings (SSSR count). The molecule has 14 heteroatoms. The van der Waals surface area contributed by atoms with Gasteiger partial charge in [0, 0.05) is 23.2 Å². The smallest absolute Gasteiger partial charge is 0.340 e. The number of alkyl halides is 4. The summed E-state index contributed by atoms with van der Waals surface area (Å²) in [6, 6.07) is 14.6. The number of aromatic nitrogens is 4. The summed E-state index contributed by atoms with van der Waals surface area (Å²) < 4.78 is 63.2. The van der Waals surface area contributed by atoms with Gasteiger partial charge in [0.25, 0.3) is 0 Å². The third-order valence-corrected chi connectivity index (χ3v) is 10.2. The molecule has 0 bridgehead atoms. The zero-order valence-electron chi connectivity index (χ0n) is 25.4. The highest BCUT2D eigenvalue weighted by atomic mass is 35.5. The lowest BCUT2D eigenvalue weighted by Gasteiger charge is -2.35. The fraction of sp³-hybridized carbons (Fsp3) is 0.353. The van der Waals surface area contributed by atoms with Crippen molar-refractivity contribution in [2.75, 3.05) is 13.1 Å². The molecule has 2 aliphatic heterocycles. The molecule has 3 fully saturated rings. The van der Waals surface area contributed by atoms with Crippen molar-refractivity contribution in [3.63, 3.8) is 0 Å². The van der Waals surface area contributed by atoms with Crippen LogP contribution < -0.4 is 10.6 Å². The first-order valence-electron chi connectivity index (χ1n) is 15.3. The van der Waals surface area contributed by atoms with Crippen LogP contribution in [0.5, 0.6) is 0 Å². The Morgan fingerprint density at radius 2 is 1.33 bits per heavy atom. The minimum absolute atomic E-state index is 0. The molecule has 4 N–H and O–H groups in total. The zero-order valence-corrected chi connectivity index (χ0v) is 28.7. The summed E-state index contributed by atoms with van der Waals surface area (Å²) in [7, 11) is 0. The van der Waals surface area contributed by atoms with E-state index in [4.69, 9.17) is 0 Å². The van der Waals surface area contributed by atoms with Crippen molar-refractivity contribution in [3.05, 3.63) is 83.6 Å². The summed E-state index contributed by atoms with van der Waals surface area (Å²) in [6.45, 7) is 1.89. The van der Waals surface area contributed by atoms with Crippen LogP contribution in [-0.4, -0.2) is 33.0 Å². The highest BCUT2D eigenvalue weighted by Crippen LogP contribution is 2.59. The molecular formula is C34H34Cl4F4N6. The summed E-state index contributed by atoms with van der Waals surface area (Å²) in [5.74, 6) is -7.23. The number of fused-ring (bicyclic) bond motifs is 4. The van der Waals surface area contributed by atoms with Crippen molar-refractivity contribution in [1.29, 1.82) is 0 Å². The molecule has 48 heavy (non-hydrogen) atoms. The van der Waals surface area contributed by atoms with Gasteiger partial charge in [0.05, 0.1) is 35.0 Å². The molecule has 3 aromatic carbocycles. The highest BCUT2D eigenvalue weighted by molar-refractivity contribution is 5.86. The Morgan fingerprint density at radius 1 is 0.688 bits per heavy atom. The summed E-state index contributed by atoms with van der Waals surface area (Å²) in [5, 5.41) is 6.91. The average Bonchev–Trinajstić information content (AvgIpc) is 3.57. The van der Waals surface area contributed by atoms with Crippen LogP contribution in [0.25, 0.3) is 44.5 Å². The van der Waals surface area contributed by atoms with Crippen LogP contribution in [0.15, 0.2) is 60.8 Å². The van der Waals surface area contributed by atoms with E-state index in [1.165, 1.54) is 37.1 Å². The second kappa shape index (κ2) is 12.8. The predicted octanol–water partition coefficient (Wildman–Crippen LogP) is 9.41. The first kappa shape index (κ1) is 36.4. The highest BCUT2D eigenvalue weighted by Gasteiger charge is 2.62. The number of nitrogens with zero attached hydrogens (tertiary/aromatic N) is 2. The third-order valence-electron chi connectivity index (χ3n) is 10.2. The van der Waals surface area contributed by atoms with Gasteiger partial charge in [-0.25, -0.2) is 9.97 Å². The molecule has 256 valence electrons. The normalized spacial score (nSPS) is 22.1. The maximum absolute atomic E-state index is 15.8. The van der Waals surface area contributed by atoms with E-state index < -0.39 is 23.0 Å². The molecule has 5 aromatic rings. The molecule has 2 aliphatic carbocycles. The lowest BCUT2D eigenvalue weighted by Crippen LogP contribution is -2.39. The fourth-order valence-electron chi connectivity index (χ4n) is 7.38. The van der Waals surface area contributed by atoms with Crippen LogP contribution in [0.1, 0.15) is 67.0 Å². The maximum atomic E-state index is 15.8. The largest absolute Gasteiger partial charge is 0.341 e. The van der Waals surface area contributed by atoms with Crippen molar-refractivity contribution in [1.82, 2.24) is 30.6 Å². The van der Waals surface area contributed by atoms with Crippen molar-refractivity contribution in [3.8, 4) is 33.5 Å². The van der Waals surface area contributed by atoms with E-state index in [1.807, 2.05) is 12.1 Å². The molecular weight excluding hydrogens is 710 g/mol. The number of hydrogen-bond donors (Lipinski definition) is 4. The van der Waals surface area contributed by atoms with Gasteiger partial charge < -0.3 is 20.6 Å². The molecule has 1 spiro atoms. The van der Waals surface area contributed by atoms with Crippen molar-refractivity contribution in [2.24, 2.45) is 5.41 Å². The average molecular weight is 744 g/mol. The second-order valence-corrected chi connectivity index (χ2v) is 13.0. The van der Waals surface area contributed by atoms with Gasteiger partial charge in [-0.2, -0.15) is 17.6 Å². The van der Waals surface area contributed by atoms with Crippen LogP contribution >= 0.6 is 49.6 Å². The van der Waals surface area contributed by atoms with E-state index in [0.717, 1.165) is 55.0 Å². The summed E-state index contributed by atoms with van der Waals surface area (Å²) in [4.78, 5) is 15.8. The number of benzene rings is 3. The Morgan fingerprint density at radius 3 is 1.98 bits per heavy atom. The van der Waals surface area contributed by atoms with Gasteiger partial charge >= 0.3 is 11.8 Å². The van der Waals surface area contributed by atoms with E-state index in [-0.39, 0.29) is 72.8 Å². The quantitative estimate of drug-likeness (QED) is 0.138. The van der Waals surface area contributed by atoms with E-state index in [1.54, 1.807) is 24.4 Å². The van der Waals surface area contributed by atoms with E-state index >= 15 is 17.6 Å². The number of nitrogens with one attached hydrogen (secondary N) is 4. The number of halogens is 8. The second-order valence-electron chi connectivity index (χ2n) is 13.0. The topological polar surface area (TPSA) is 81.4 Å². The van der Waals surface area contributed by atoms with E-state index in [0.29, 0.717) is 27.8 Å². The number of H-pyrrole nitrogens is 2. The predicted molar refractivity (Wildman–Crippen MR) is 188 cm³/mol. The lowest BCUT2D eigenvalue weighted by molar-refractivity contribution is -0.225. The van der Waals surface area contributed by atoms with Crippen LogP contribution in [0.3, 0.4) is 0 Å². The Bertz CT molecular complexity index is 1970. The van der Waals surface area contributed by atoms with Crippen molar-refractivity contribution in [2.45, 2.75) is 56.0 Å². The Balaban J connectivity index is 0.00000113. The van der Waals surface area contributed by atoms with Gasteiger partial charge in [0.2, 0.25) is 0 Å². The summed E-state index contributed by atoms with van der Waals surface area (Å²) in [6.07, 6.45) is 7.07. The SMILES string of the molecule is Cl.Cl.Cl.Cl.FC1(F)c2cc(-c3ccc4nc([C@@H]5CCCN5)[nH]c4c3)ccc2-c2ccc(-c3cnc([C@@H]4CC5(CC5)CN4)[nH]3)cc2C1(F)F. The molecule has 2 saturated heterocycles. The third kappa shape index (κ3) is 5.58. The molecule has 0 amide bonds. The van der Waals surface area contributed by atoms with Crippen molar-refractivity contribution < 1.29 is 17.6 Å². The number of rotatable bonds is 4. The maximum Gasteiger partial charge on any atom is 0.340 e. The van der Waals surface area contributed by atoms with Gasteiger partial charge in [-0.3, -0.25) is 0 Å². The Labute approximate surface area is 299 Å². The van der Waals surface area contributed by atoms with Gasteiger partial charge in [-0.15, -0.1) is 49.6 Å². The first-order valence-corrected chi connectivity index (χ1v) is 15.3. The molecule has 2 aromatic heterocycles. The molecule has 4 aliphatic rings. The van der Waals surface area contributed by atoms with Gasteiger partial charge in [-0.1, -0.05) is 30.3 Å². The number of hydrogen-bond acceptors (Lipinski definition) is 4. The standard InChI is InChI=1S/C34H30F4N6.4ClH/c35-33(36)23-12-18(19-5-8-25-27(14-19)43-31(42-25)26-2-1-11-39-26)3-6-21(23)22-7-4-20(13-24(22)34(33,37)38)29-16-40-30(44-29)28-15-32(9-10-32)17-41-28;;;;/h3-8,12-14,16,26,28,39,41H,1-2,9-11,15,17H2,(H,40,44)(H,42,43);4*1H/t26-,28-;;;;/m0..../s1. The summed E-state index contributed by atoms with van der Waals surface area (Å²) in [5.41, 5.74) is 2.79. The fourth-order valence-corrected chi connectivity index (χ4v) is 7.38. The van der Waals surface area contributed by atoms with Gasteiger partial charge in [-0.05, 0) is 90.6 Å². The number of aromatic amines is 2. The van der Waals surface area contributed by atoms with Crippen LogP contribution in [-0.2, 0) is 11.8 Å². The lowest BCUT2D eigenvalue weighted by atomic mass is 9.78. The molecule has 0 unspecified atom stereocenters. The molecule has 0 radical (unpaired) electrons. The van der Waals surface area contributed by atoms with Crippen LogP contribution in [0.4, 0.5) is 17.6 Å². The van der Waals surface area contributed by atoms with Crippen LogP contribution in [0.2, 0.25) is 0 Å². The molecule has 4 heterocycles. The Kier molecular flexibility index (Phi) is 9.71. The molecule has 2 atom stereocenters. The van der Waals surface area contributed by atoms with Gasteiger partial charge in [0.1, 0.15) is 11.6 Å². The number of imidazole rings is 2. The molecule has 1 saturated carbocycles. The van der Waals surface area contributed by atoms with Gasteiger partial charge in [0.15, 0.2) is 0 Å². The monoisotopic (exact) mass is 742 g/mol. The minimum Gasteiger partial charge on any atom is -0.341 e. The Hall–Kier alpha value is -2.86. The van der Waals surface area contributed by atoms with Crippen LogP contribution in [0, 0.1) is 5.41 Å².